The molecular weight excluding hydrogens is 238 g/mol. The molecule has 1 saturated carbocycles. The van der Waals surface area contributed by atoms with Gasteiger partial charge in [0.05, 0.1) is 11.3 Å². The molecule has 5 heteroatoms. The van der Waals surface area contributed by atoms with Crippen molar-refractivity contribution in [3.63, 3.8) is 0 Å². The summed E-state index contributed by atoms with van der Waals surface area (Å²) in [6.07, 6.45) is 4.01. The van der Waals surface area contributed by atoms with Gasteiger partial charge in [0.2, 0.25) is 0 Å². The zero-order valence-corrected chi connectivity index (χ0v) is 11.4. The Balaban J connectivity index is 2.15. The van der Waals surface area contributed by atoms with E-state index in [-0.39, 0.29) is 11.6 Å². The van der Waals surface area contributed by atoms with Crippen LogP contribution in [0.15, 0.2) is 0 Å². The van der Waals surface area contributed by atoms with Gasteiger partial charge in [-0.3, -0.25) is 4.68 Å². The summed E-state index contributed by atoms with van der Waals surface area (Å²) in [6.45, 7) is 1.97. The van der Waals surface area contributed by atoms with Gasteiger partial charge in [0.25, 0.3) is 0 Å². The molecule has 0 aliphatic heterocycles. The monoisotopic (exact) mass is 257 g/mol. The summed E-state index contributed by atoms with van der Waals surface area (Å²) in [5.41, 5.74) is 8.14. The van der Waals surface area contributed by atoms with E-state index in [0.29, 0.717) is 5.15 Å². The first-order valence-electron chi connectivity index (χ1n) is 5.99. The Morgan fingerprint density at radius 2 is 2.24 bits per heavy atom. The second-order valence-corrected chi connectivity index (χ2v) is 5.27. The number of methoxy groups -OCH3 is 1. The first kappa shape index (κ1) is 12.9. The van der Waals surface area contributed by atoms with Crippen LogP contribution in [0.3, 0.4) is 0 Å². The van der Waals surface area contributed by atoms with Crippen LogP contribution in [-0.4, -0.2) is 28.5 Å². The van der Waals surface area contributed by atoms with Crippen LogP contribution < -0.4 is 5.73 Å². The van der Waals surface area contributed by atoms with Gasteiger partial charge in [0.1, 0.15) is 5.15 Å². The third-order valence-electron chi connectivity index (χ3n) is 3.98. The highest BCUT2D eigenvalue weighted by molar-refractivity contribution is 6.30. The SMILES string of the molecule is COC1(C(N)Cc2c(C)nn(C)c2Cl)CCC1. The van der Waals surface area contributed by atoms with E-state index in [1.165, 1.54) is 6.42 Å². The first-order chi connectivity index (χ1) is 8.00. The molecule has 4 nitrogen and oxygen atoms in total. The van der Waals surface area contributed by atoms with Crippen molar-refractivity contribution in [2.75, 3.05) is 7.11 Å². The second-order valence-electron chi connectivity index (χ2n) is 4.91. The van der Waals surface area contributed by atoms with Crippen LogP contribution in [0.25, 0.3) is 0 Å². The fourth-order valence-electron chi connectivity index (χ4n) is 2.56. The highest BCUT2D eigenvalue weighted by atomic mass is 35.5. The first-order valence-corrected chi connectivity index (χ1v) is 6.36. The molecule has 1 heterocycles. The van der Waals surface area contributed by atoms with E-state index in [4.69, 9.17) is 22.1 Å². The van der Waals surface area contributed by atoms with Crippen molar-refractivity contribution in [1.29, 1.82) is 0 Å². The van der Waals surface area contributed by atoms with Crippen molar-refractivity contribution in [3.8, 4) is 0 Å². The van der Waals surface area contributed by atoms with E-state index < -0.39 is 0 Å². The Morgan fingerprint density at radius 1 is 1.59 bits per heavy atom. The minimum absolute atomic E-state index is 0.0124. The van der Waals surface area contributed by atoms with Gasteiger partial charge in [-0.05, 0) is 32.6 Å². The van der Waals surface area contributed by atoms with Crippen molar-refractivity contribution < 1.29 is 4.74 Å². The van der Waals surface area contributed by atoms with Gasteiger partial charge in [0.15, 0.2) is 0 Å². The quantitative estimate of drug-likeness (QED) is 0.895. The van der Waals surface area contributed by atoms with E-state index in [9.17, 15) is 0 Å². The maximum absolute atomic E-state index is 6.28. The molecule has 1 aliphatic rings. The molecule has 17 heavy (non-hydrogen) atoms. The molecule has 1 aromatic rings. The minimum Gasteiger partial charge on any atom is -0.377 e. The molecule has 0 bridgehead atoms. The standard InChI is InChI=1S/C12H20ClN3O/c1-8-9(11(13)16(2)15-8)7-10(14)12(17-3)5-4-6-12/h10H,4-7,14H2,1-3H3. The van der Waals surface area contributed by atoms with Crippen molar-refractivity contribution in [1.82, 2.24) is 9.78 Å². The molecule has 2 rings (SSSR count). The Hall–Kier alpha value is -0.580. The number of nitrogens with zero attached hydrogens (tertiary/aromatic N) is 2. The summed E-state index contributed by atoms with van der Waals surface area (Å²) in [5, 5.41) is 4.99. The normalized spacial score (nSPS) is 20.1. The van der Waals surface area contributed by atoms with E-state index in [1.54, 1.807) is 11.8 Å². The van der Waals surface area contributed by atoms with Gasteiger partial charge in [-0.15, -0.1) is 0 Å². The maximum Gasteiger partial charge on any atom is 0.130 e. The number of nitrogens with two attached hydrogens (primary N) is 1. The smallest absolute Gasteiger partial charge is 0.130 e. The lowest BCUT2D eigenvalue weighted by molar-refractivity contribution is -0.0897. The van der Waals surface area contributed by atoms with Crippen LogP contribution in [0.2, 0.25) is 5.15 Å². The Bertz CT molecular complexity index is 407. The molecule has 0 spiro atoms. The van der Waals surface area contributed by atoms with Gasteiger partial charge >= 0.3 is 0 Å². The third-order valence-corrected chi connectivity index (χ3v) is 4.45. The highest BCUT2D eigenvalue weighted by Crippen LogP contribution is 2.39. The molecule has 1 aromatic heterocycles. The van der Waals surface area contributed by atoms with Crippen LogP contribution in [0, 0.1) is 6.92 Å². The Morgan fingerprint density at radius 3 is 2.59 bits per heavy atom. The van der Waals surface area contributed by atoms with Gasteiger partial charge in [0, 0.05) is 25.8 Å². The van der Waals surface area contributed by atoms with Crippen molar-refractivity contribution in [2.24, 2.45) is 12.8 Å². The molecule has 1 atom stereocenters. The number of hydrogen-bond donors (Lipinski definition) is 1. The van der Waals surface area contributed by atoms with E-state index in [0.717, 1.165) is 30.5 Å². The van der Waals surface area contributed by atoms with Crippen LogP contribution in [0.5, 0.6) is 0 Å². The largest absolute Gasteiger partial charge is 0.377 e. The highest BCUT2D eigenvalue weighted by Gasteiger charge is 2.43. The topological polar surface area (TPSA) is 53.1 Å². The molecule has 2 N–H and O–H groups in total. The Labute approximate surface area is 107 Å². The van der Waals surface area contributed by atoms with E-state index in [1.807, 2.05) is 14.0 Å². The molecule has 1 aliphatic carbocycles. The molecule has 96 valence electrons. The fraction of sp³-hybridized carbons (Fsp3) is 0.750. The number of hydrogen-bond acceptors (Lipinski definition) is 3. The number of rotatable bonds is 4. The van der Waals surface area contributed by atoms with Crippen LogP contribution in [0.1, 0.15) is 30.5 Å². The second kappa shape index (κ2) is 4.59. The van der Waals surface area contributed by atoms with E-state index >= 15 is 0 Å². The zero-order chi connectivity index (χ0) is 12.6. The lowest BCUT2D eigenvalue weighted by atomic mass is 9.73. The summed E-state index contributed by atoms with van der Waals surface area (Å²) < 4.78 is 7.29. The summed E-state index contributed by atoms with van der Waals surface area (Å²) in [4.78, 5) is 0. The number of aromatic nitrogens is 2. The molecule has 0 amide bonds. The fourth-order valence-corrected chi connectivity index (χ4v) is 2.81. The average Bonchev–Trinajstić information content (AvgIpc) is 2.44. The number of ether oxygens (including phenoxy) is 1. The van der Waals surface area contributed by atoms with Gasteiger partial charge in [-0.1, -0.05) is 11.6 Å². The summed E-state index contributed by atoms with van der Waals surface area (Å²) in [6, 6.07) is -0.0124. The third kappa shape index (κ3) is 2.09. The molecule has 0 radical (unpaired) electrons. The van der Waals surface area contributed by atoms with Crippen molar-refractivity contribution in [2.45, 2.75) is 44.2 Å². The molecular formula is C12H20ClN3O. The van der Waals surface area contributed by atoms with Gasteiger partial charge in [-0.2, -0.15) is 5.10 Å². The number of halogens is 1. The lowest BCUT2D eigenvalue weighted by Gasteiger charge is -2.45. The lowest BCUT2D eigenvalue weighted by Crippen LogP contribution is -2.55. The minimum atomic E-state index is -0.147. The predicted molar refractivity (Wildman–Crippen MR) is 68.2 cm³/mol. The van der Waals surface area contributed by atoms with Crippen molar-refractivity contribution in [3.05, 3.63) is 16.4 Å². The summed E-state index contributed by atoms with van der Waals surface area (Å²) in [5.74, 6) is 0. The van der Waals surface area contributed by atoms with Gasteiger partial charge < -0.3 is 10.5 Å². The van der Waals surface area contributed by atoms with Crippen LogP contribution in [0.4, 0.5) is 0 Å². The molecule has 0 aromatic carbocycles. The van der Waals surface area contributed by atoms with Crippen molar-refractivity contribution >= 4 is 11.6 Å². The number of aryl methyl sites for hydroxylation is 2. The van der Waals surface area contributed by atoms with E-state index in [2.05, 4.69) is 5.10 Å². The predicted octanol–water partition coefficient (Wildman–Crippen LogP) is 1.82. The molecule has 0 saturated heterocycles. The Kier molecular flexibility index (Phi) is 3.48. The molecule has 1 unspecified atom stereocenters. The maximum atomic E-state index is 6.28. The zero-order valence-electron chi connectivity index (χ0n) is 10.7. The molecule has 1 fully saturated rings. The van der Waals surface area contributed by atoms with Crippen LogP contribution >= 0.6 is 11.6 Å². The average molecular weight is 258 g/mol. The van der Waals surface area contributed by atoms with Crippen LogP contribution in [-0.2, 0) is 18.2 Å². The summed E-state index contributed by atoms with van der Waals surface area (Å²) in [7, 11) is 3.59. The van der Waals surface area contributed by atoms with Gasteiger partial charge in [-0.25, -0.2) is 0 Å². The summed E-state index contributed by atoms with van der Waals surface area (Å²) >= 11 is 6.22.